The third kappa shape index (κ3) is 6.94. The normalized spacial score (nSPS) is 10.4. The highest BCUT2D eigenvalue weighted by atomic mass is 16.5. The maximum absolute atomic E-state index is 11.5. The summed E-state index contributed by atoms with van der Waals surface area (Å²) >= 11 is 0. The standard InChI is InChI=1S/C15H24N2O2/c1-2-10-19-11-8-15(18)17-12-14-5-3-13(4-6-14)7-9-16/h3-6H,2,7-12,16H2,1H3,(H,17,18). The zero-order valence-corrected chi connectivity index (χ0v) is 11.7. The van der Waals surface area contributed by atoms with Crippen molar-refractivity contribution in [3.8, 4) is 0 Å². The van der Waals surface area contributed by atoms with Crippen LogP contribution in [0.5, 0.6) is 0 Å². The van der Waals surface area contributed by atoms with Crippen LogP contribution >= 0.6 is 0 Å². The van der Waals surface area contributed by atoms with Gasteiger partial charge in [0.25, 0.3) is 0 Å². The van der Waals surface area contributed by atoms with Crippen molar-refractivity contribution in [2.45, 2.75) is 32.7 Å². The minimum atomic E-state index is 0.0298. The highest BCUT2D eigenvalue weighted by Crippen LogP contribution is 2.04. The predicted octanol–water partition coefficient (Wildman–Crippen LogP) is 1.62. The molecule has 0 heterocycles. The largest absolute Gasteiger partial charge is 0.381 e. The van der Waals surface area contributed by atoms with Gasteiger partial charge in [0.2, 0.25) is 5.91 Å². The van der Waals surface area contributed by atoms with Crippen molar-refractivity contribution in [3.05, 3.63) is 35.4 Å². The monoisotopic (exact) mass is 264 g/mol. The zero-order valence-electron chi connectivity index (χ0n) is 11.7. The third-order valence-electron chi connectivity index (χ3n) is 2.77. The molecule has 1 amide bonds. The third-order valence-corrected chi connectivity index (χ3v) is 2.77. The highest BCUT2D eigenvalue weighted by molar-refractivity contribution is 5.75. The molecule has 1 aromatic rings. The minimum Gasteiger partial charge on any atom is -0.381 e. The fraction of sp³-hybridized carbons (Fsp3) is 0.533. The summed E-state index contributed by atoms with van der Waals surface area (Å²) < 4.78 is 5.28. The summed E-state index contributed by atoms with van der Waals surface area (Å²) in [6.45, 7) is 4.49. The maximum atomic E-state index is 11.5. The fourth-order valence-electron chi connectivity index (χ4n) is 1.69. The molecule has 4 nitrogen and oxygen atoms in total. The molecule has 0 fully saturated rings. The number of hydrogen-bond donors (Lipinski definition) is 2. The Balaban J connectivity index is 2.22. The van der Waals surface area contributed by atoms with Gasteiger partial charge >= 0.3 is 0 Å². The fourth-order valence-corrected chi connectivity index (χ4v) is 1.69. The SMILES string of the molecule is CCCOCCC(=O)NCc1ccc(CCN)cc1. The molecule has 0 aliphatic carbocycles. The number of hydrogen-bond acceptors (Lipinski definition) is 3. The first-order valence-corrected chi connectivity index (χ1v) is 6.88. The quantitative estimate of drug-likeness (QED) is 0.666. The van der Waals surface area contributed by atoms with Gasteiger partial charge in [0.15, 0.2) is 0 Å². The molecule has 19 heavy (non-hydrogen) atoms. The number of carbonyl (C=O) groups is 1. The highest BCUT2D eigenvalue weighted by Gasteiger charge is 2.01. The molecule has 0 saturated heterocycles. The topological polar surface area (TPSA) is 64.3 Å². The summed E-state index contributed by atoms with van der Waals surface area (Å²) in [4.78, 5) is 11.5. The number of nitrogens with two attached hydrogens (primary N) is 1. The molecule has 1 rings (SSSR count). The van der Waals surface area contributed by atoms with Gasteiger partial charge in [0.05, 0.1) is 6.61 Å². The molecule has 0 bridgehead atoms. The Morgan fingerprint density at radius 1 is 1.21 bits per heavy atom. The van der Waals surface area contributed by atoms with Crippen LogP contribution in [0.4, 0.5) is 0 Å². The van der Waals surface area contributed by atoms with Crippen molar-refractivity contribution >= 4 is 5.91 Å². The van der Waals surface area contributed by atoms with Crippen molar-refractivity contribution in [2.75, 3.05) is 19.8 Å². The van der Waals surface area contributed by atoms with Crippen molar-refractivity contribution in [2.24, 2.45) is 5.73 Å². The van der Waals surface area contributed by atoms with E-state index in [-0.39, 0.29) is 5.91 Å². The van der Waals surface area contributed by atoms with Gasteiger partial charge in [-0.05, 0) is 30.5 Å². The summed E-state index contributed by atoms with van der Waals surface area (Å²) in [6.07, 6.45) is 2.30. The lowest BCUT2D eigenvalue weighted by Gasteiger charge is -2.07. The molecule has 0 atom stereocenters. The summed E-state index contributed by atoms with van der Waals surface area (Å²) in [7, 11) is 0. The van der Waals surface area contributed by atoms with Crippen LogP contribution in [-0.4, -0.2) is 25.7 Å². The van der Waals surface area contributed by atoms with Crippen LogP contribution in [0.15, 0.2) is 24.3 Å². The molecular formula is C15H24N2O2. The Bertz CT molecular complexity index is 363. The van der Waals surface area contributed by atoms with Crippen LogP contribution in [0.2, 0.25) is 0 Å². The summed E-state index contributed by atoms with van der Waals surface area (Å²) in [6, 6.07) is 8.16. The van der Waals surface area contributed by atoms with Crippen molar-refractivity contribution in [1.29, 1.82) is 0 Å². The zero-order chi connectivity index (χ0) is 13.9. The van der Waals surface area contributed by atoms with Crippen LogP contribution in [0.25, 0.3) is 0 Å². The molecule has 0 spiro atoms. The molecule has 0 saturated carbocycles. The number of ether oxygens (including phenoxy) is 1. The number of carbonyl (C=O) groups excluding carboxylic acids is 1. The van der Waals surface area contributed by atoms with E-state index in [1.165, 1.54) is 5.56 Å². The van der Waals surface area contributed by atoms with E-state index in [4.69, 9.17) is 10.5 Å². The number of amides is 1. The Labute approximate surface area is 115 Å². The van der Waals surface area contributed by atoms with E-state index in [2.05, 4.69) is 17.4 Å². The lowest BCUT2D eigenvalue weighted by Crippen LogP contribution is -2.24. The molecule has 0 aromatic heterocycles. The molecule has 106 valence electrons. The van der Waals surface area contributed by atoms with Crippen LogP contribution in [0.1, 0.15) is 30.9 Å². The van der Waals surface area contributed by atoms with Gasteiger partial charge in [0.1, 0.15) is 0 Å². The first-order chi connectivity index (χ1) is 9.26. The Kier molecular flexibility index (Phi) is 7.86. The summed E-state index contributed by atoms with van der Waals surface area (Å²) in [5, 5.41) is 2.88. The lowest BCUT2D eigenvalue weighted by molar-refractivity contribution is -0.122. The van der Waals surface area contributed by atoms with E-state index in [1.54, 1.807) is 0 Å². The van der Waals surface area contributed by atoms with Crippen LogP contribution in [-0.2, 0) is 22.5 Å². The summed E-state index contributed by atoms with van der Waals surface area (Å²) in [5.41, 5.74) is 7.82. The molecular weight excluding hydrogens is 240 g/mol. The average molecular weight is 264 g/mol. The van der Waals surface area contributed by atoms with E-state index in [1.807, 2.05) is 19.1 Å². The second kappa shape index (κ2) is 9.53. The Morgan fingerprint density at radius 2 is 1.89 bits per heavy atom. The molecule has 4 heteroatoms. The van der Waals surface area contributed by atoms with Gasteiger partial charge in [-0.15, -0.1) is 0 Å². The molecule has 1 aromatic carbocycles. The van der Waals surface area contributed by atoms with Crippen LogP contribution < -0.4 is 11.1 Å². The Morgan fingerprint density at radius 3 is 2.53 bits per heavy atom. The molecule has 3 N–H and O–H groups in total. The second-order valence-electron chi connectivity index (χ2n) is 4.49. The van der Waals surface area contributed by atoms with Crippen LogP contribution in [0, 0.1) is 0 Å². The average Bonchev–Trinajstić information content (AvgIpc) is 2.43. The van der Waals surface area contributed by atoms with E-state index in [9.17, 15) is 4.79 Å². The second-order valence-corrected chi connectivity index (χ2v) is 4.49. The van der Waals surface area contributed by atoms with Crippen molar-refractivity contribution in [1.82, 2.24) is 5.32 Å². The van der Waals surface area contributed by atoms with Crippen LogP contribution in [0.3, 0.4) is 0 Å². The molecule has 0 aliphatic rings. The smallest absolute Gasteiger partial charge is 0.222 e. The van der Waals surface area contributed by atoms with Gasteiger partial charge in [-0.1, -0.05) is 31.2 Å². The van der Waals surface area contributed by atoms with E-state index in [0.29, 0.717) is 26.1 Å². The lowest BCUT2D eigenvalue weighted by atomic mass is 10.1. The Hall–Kier alpha value is -1.39. The van der Waals surface area contributed by atoms with Gasteiger partial charge in [-0.2, -0.15) is 0 Å². The maximum Gasteiger partial charge on any atom is 0.222 e. The first kappa shape index (κ1) is 15.7. The first-order valence-electron chi connectivity index (χ1n) is 6.88. The predicted molar refractivity (Wildman–Crippen MR) is 76.8 cm³/mol. The van der Waals surface area contributed by atoms with Gasteiger partial charge in [0, 0.05) is 19.6 Å². The van der Waals surface area contributed by atoms with E-state index in [0.717, 1.165) is 25.0 Å². The van der Waals surface area contributed by atoms with E-state index < -0.39 is 0 Å². The van der Waals surface area contributed by atoms with Crippen molar-refractivity contribution < 1.29 is 9.53 Å². The number of rotatable bonds is 9. The number of benzene rings is 1. The van der Waals surface area contributed by atoms with Gasteiger partial charge in [-0.25, -0.2) is 0 Å². The minimum absolute atomic E-state index is 0.0298. The van der Waals surface area contributed by atoms with E-state index >= 15 is 0 Å². The molecule has 0 aliphatic heterocycles. The van der Waals surface area contributed by atoms with Gasteiger partial charge in [-0.3, -0.25) is 4.79 Å². The summed E-state index contributed by atoms with van der Waals surface area (Å²) in [5.74, 6) is 0.0298. The molecule has 0 unspecified atom stereocenters. The van der Waals surface area contributed by atoms with Gasteiger partial charge < -0.3 is 15.8 Å². The van der Waals surface area contributed by atoms with Crippen molar-refractivity contribution in [3.63, 3.8) is 0 Å². The number of nitrogens with one attached hydrogen (secondary N) is 1. The molecule has 0 radical (unpaired) electrons.